The lowest BCUT2D eigenvalue weighted by Gasteiger charge is -2.12. The van der Waals surface area contributed by atoms with Crippen molar-refractivity contribution in [1.82, 2.24) is 0 Å². The predicted molar refractivity (Wildman–Crippen MR) is 73.2 cm³/mol. The van der Waals surface area contributed by atoms with Crippen molar-refractivity contribution in [3.05, 3.63) is 35.9 Å². The van der Waals surface area contributed by atoms with Gasteiger partial charge in [-0.1, -0.05) is 30.3 Å². The summed E-state index contributed by atoms with van der Waals surface area (Å²) in [6.07, 6.45) is 1.57. The summed E-state index contributed by atoms with van der Waals surface area (Å²) < 4.78 is 10.5. The Kier molecular flexibility index (Phi) is 7.86. The van der Waals surface area contributed by atoms with E-state index >= 15 is 0 Å². The molecule has 0 aliphatic rings. The molecule has 0 bridgehead atoms. The maximum Gasteiger partial charge on any atom is 0.332 e. The van der Waals surface area contributed by atoms with Crippen molar-refractivity contribution in [2.24, 2.45) is 0 Å². The number of aryl methyl sites for hydroxylation is 1. The van der Waals surface area contributed by atoms with Crippen LogP contribution in [-0.4, -0.2) is 37.0 Å². The van der Waals surface area contributed by atoms with Crippen molar-refractivity contribution in [2.75, 3.05) is 19.8 Å². The van der Waals surface area contributed by atoms with E-state index in [-0.39, 0.29) is 0 Å². The van der Waals surface area contributed by atoms with Gasteiger partial charge in [0.2, 0.25) is 0 Å². The average Bonchev–Trinajstić information content (AvgIpc) is 2.42. The second-order valence-electron chi connectivity index (χ2n) is 4.27. The largest absolute Gasteiger partial charge is 0.479 e. The van der Waals surface area contributed by atoms with Crippen LogP contribution in [0.3, 0.4) is 0 Å². The first kappa shape index (κ1) is 15.7. The van der Waals surface area contributed by atoms with E-state index in [0.29, 0.717) is 26.2 Å². The van der Waals surface area contributed by atoms with Crippen LogP contribution in [0.25, 0.3) is 0 Å². The first-order valence-corrected chi connectivity index (χ1v) is 6.70. The Bertz CT molecular complexity index is 350. The van der Waals surface area contributed by atoms with Gasteiger partial charge in [-0.25, -0.2) is 4.79 Å². The molecule has 0 spiro atoms. The van der Waals surface area contributed by atoms with Gasteiger partial charge >= 0.3 is 5.97 Å². The Morgan fingerprint density at radius 2 is 2.00 bits per heavy atom. The first-order chi connectivity index (χ1) is 9.24. The van der Waals surface area contributed by atoms with Crippen molar-refractivity contribution >= 4 is 5.97 Å². The van der Waals surface area contributed by atoms with Gasteiger partial charge in [0.05, 0.1) is 0 Å². The number of carboxylic acids is 1. The van der Waals surface area contributed by atoms with Gasteiger partial charge in [-0.05, 0) is 25.3 Å². The maximum atomic E-state index is 10.8. The molecule has 1 unspecified atom stereocenters. The third-order valence-corrected chi connectivity index (χ3v) is 2.76. The molecule has 0 aliphatic carbocycles. The van der Waals surface area contributed by atoms with Gasteiger partial charge in [0, 0.05) is 26.2 Å². The summed E-state index contributed by atoms with van der Waals surface area (Å²) in [6.45, 7) is 3.26. The van der Waals surface area contributed by atoms with Gasteiger partial charge in [-0.3, -0.25) is 0 Å². The van der Waals surface area contributed by atoms with Crippen molar-refractivity contribution in [1.29, 1.82) is 0 Å². The lowest BCUT2D eigenvalue weighted by molar-refractivity contribution is -0.151. The second kappa shape index (κ2) is 9.53. The van der Waals surface area contributed by atoms with Gasteiger partial charge in [0.1, 0.15) is 0 Å². The van der Waals surface area contributed by atoms with E-state index in [0.717, 1.165) is 12.8 Å². The SMILES string of the molecule is CCOC(CCOCCCc1ccccc1)C(=O)O. The molecule has 1 atom stereocenters. The molecule has 1 aromatic carbocycles. The summed E-state index contributed by atoms with van der Waals surface area (Å²) >= 11 is 0. The zero-order valence-electron chi connectivity index (χ0n) is 11.4. The topological polar surface area (TPSA) is 55.8 Å². The molecule has 4 heteroatoms. The number of benzene rings is 1. The molecule has 19 heavy (non-hydrogen) atoms. The summed E-state index contributed by atoms with van der Waals surface area (Å²) in [6, 6.07) is 10.2. The highest BCUT2D eigenvalue weighted by atomic mass is 16.5. The zero-order valence-corrected chi connectivity index (χ0v) is 11.4. The van der Waals surface area contributed by atoms with Crippen molar-refractivity contribution in [3.8, 4) is 0 Å². The van der Waals surface area contributed by atoms with Crippen LogP contribution in [-0.2, 0) is 20.7 Å². The fourth-order valence-electron chi connectivity index (χ4n) is 1.79. The Labute approximate surface area is 114 Å². The fraction of sp³-hybridized carbons (Fsp3) is 0.533. The maximum absolute atomic E-state index is 10.8. The van der Waals surface area contributed by atoms with Crippen molar-refractivity contribution in [3.63, 3.8) is 0 Å². The summed E-state index contributed by atoms with van der Waals surface area (Å²) in [4.78, 5) is 10.8. The van der Waals surface area contributed by atoms with Gasteiger partial charge in [0.25, 0.3) is 0 Å². The van der Waals surface area contributed by atoms with Gasteiger partial charge < -0.3 is 14.6 Å². The molecule has 0 heterocycles. The normalized spacial score (nSPS) is 12.3. The predicted octanol–water partition coefficient (Wildman–Crippen LogP) is 2.52. The minimum absolute atomic E-state index is 0.397. The molecule has 0 aliphatic heterocycles. The monoisotopic (exact) mass is 266 g/mol. The molecule has 4 nitrogen and oxygen atoms in total. The minimum atomic E-state index is -0.922. The molecule has 0 amide bonds. The fourth-order valence-corrected chi connectivity index (χ4v) is 1.79. The number of aliphatic carboxylic acids is 1. The molecule has 0 radical (unpaired) electrons. The number of carbonyl (C=O) groups is 1. The molecular weight excluding hydrogens is 244 g/mol. The van der Waals surface area contributed by atoms with E-state index in [1.807, 2.05) is 18.2 Å². The molecule has 1 N–H and O–H groups in total. The second-order valence-corrected chi connectivity index (χ2v) is 4.27. The highest BCUT2D eigenvalue weighted by molar-refractivity contribution is 5.72. The van der Waals surface area contributed by atoms with Crippen LogP contribution >= 0.6 is 0 Å². The van der Waals surface area contributed by atoms with Crippen molar-refractivity contribution < 1.29 is 19.4 Å². The van der Waals surface area contributed by atoms with Crippen LogP contribution in [0.15, 0.2) is 30.3 Å². The molecule has 1 rings (SSSR count). The Morgan fingerprint density at radius 3 is 2.63 bits per heavy atom. The third-order valence-electron chi connectivity index (χ3n) is 2.76. The summed E-state index contributed by atoms with van der Waals surface area (Å²) in [5.74, 6) is -0.922. The van der Waals surface area contributed by atoms with Crippen LogP contribution in [0.1, 0.15) is 25.3 Å². The Morgan fingerprint density at radius 1 is 1.26 bits per heavy atom. The quantitative estimate of drug-likeness (QED) is 0.661. The Balaban J connectivity index is 2.06. The molecule has 1 aromatic rings. The lowest BCUT2D eigenvalue weighted by Crippen LogP contribution is -2.25. The standard InChI is InChI=1S/C15H22O4/c1-2-19-14(15(16)17)10-12-18-11-6-9-13-7-4-3-5-8-13/h3-5,7-8,14H,2,6,9-12H2,1H3,(H,16,17). The number of carboxylic acid groups (broad SMARTS) is 1. The van der Waals surface area contributed by atoms with Crippen LogP contribution in [0.2, 0.25) is 0 Å². The molecule has 0 saturated heterocycles. The van der Waals surface area contributed by atoms with Crippen LogP contribution in [0, 0.1) is 0 Å². The third kappa shape index (κ3) is 6.94. The molecular formula is C15H22O4. The van der Waals surface area contributed by atoms with Crippen molar-refractivity contribution in [2.45, 2.75) is 32.3 Å². The summed E-state index contributed by atoms with van der Waals surface area (Å²) in [5.41, 5.74) is 1.30. The number of rotatable bonds is 10. The van der Waals surface area contributed by atoms with Gasteiger partial charge in [-0.2, -0.15) is 0 Å². The average molecular weight is 266 g/mol. The first-order valence-electron chi connectivity index (χ1n) is 6.70. The number of hydrogen-bond donors (Lipinski definition) is 1. The van der Waals surface area contributed by atoms with E-state index in [1.165, 1.54) is 5.56 Å². The smallest absolute Gasteiger partial charge is 0.332 e. The van der Waals surface area contributed by atoms with Gasteiger partial charge in [-0.15, -0.1) is 0 Å². The molecule has 106 valence electrons. The van der Waals surface area contributed by atoms with Crippen LogP contribution in [0.4, 0.5) is 0 Å². The van der Waals surface area contributed by atoms with E-state index in [9.17, 15) is 4.79 Å². The van der Waals surface area contributed by atoms with E-state index in [2.05, 4.69) is 12.1 Å². The van der Waals surface area contributed by atoms with E-state index < -0.39 is 12.1 Å². The summed E-state index contributed by atoms with van der Waals surface area (Å²) in [5, 5.41) is 8.88. The number of ether oxygens (including phenoxy) is 2. The molecule has 0 aromatic heterocycles. The number of hydrogen-bond acceptors (Lipinski definition) is 3. The Hall–Kier alpha value is -1.39. The highest BCUT2D eigenvalue weighted by Crippen LogP contribution is 2.03. The molecule has 0 fully saturated rings. The van der Waals surface area contributed by atoms with Gasteiger partial charge in [0.15, 0.2) is 6.10 Å². The minimum Gasteiger partial charge on any atom is -0.479 e. The highest BCUT2D eigenvalue weighted by Gasteiger charge is 2.16. The molecule has 0 saturated carbocycles. The van der Waals surface area contributed by atoms with Crippen LogP contribution in [0.5, 0.6) is 0 Å². The van der Waals surface area contributed by atoms with Crippen LogP contribution < -0.4 is 0 Å². The van der Waals surface area contributed by atoms with E-state index in [1.54, 1.807) is 6.92 Å². The lowest BCUT2D eigenvalue weighted by atomic mass is 10.1. The van der Waals surface area contributed by atoms with E-state index in [4.69, 9.17) is 14.6 Å². The summed E-state index contributed by atoms with van der Waals surface area (Å²) in [7, 11) is 0. The zero-order chi connectivity index (χ0) is 13.9.